The number of nitrogens with zero attached hydrogens (tertiary/aromatic N) is 2. The highest BCUT2D eigenvalue weighted by Crippen LogP contribution is 2.36. The van der Waals surface area contributed by atoms with Gasteiger partial charge in [0.2, 0.25) is 5.91 Å². The topological polar surface area (TPSA) is 40.6 Å². The van der Waals surface area contributed by atoms with Crippen LogP contribution < -0.4 is 0 Å². The fourth-order valence-corrected chi connectivity index (χ4v) is 3.82. The summed E-state index contributed by atoms with van der Waals surface area (Å²) in [5.74, 6) is -0.933. The molecule has 2 fully saturated rings. The van der Waals surface area contributed by atoms with Crippen molar-refractivity contribution in [1.29, 1.82) is 0 Å². The number of alkyl halides is 6. The van der Waals surface area contributed by atoms with Crippen LogP contribution in [0.4, 0.5) is 26.3 Å². The molecule has 1 aromatic rings. The van der Waals surface area contributed by atoms with Crippen molar-refractivity contribution in [1.82, 2.24) is 9.80 Å². The van der Waals surface area contributed by atoms with Gasteiger partial charge in [-0.1, -0.05) is 12.8 Å². The van der Waals surface area contributed by atoms with Crippen molar-refractivity contribution in [2.45, 2.75) is 38.0 Å². The predicted octanol–water partition coefficient (Wildman–Crippen LogP) is 4.20. The van der Waals surface area contributed by atoms with Crippen molar-refractivity contribution < 1.29 is 35.9 Å². The Morgan fingerprint density at radius 2 is 1.21 bits per heavy atom. The predicted molar refractivity (Wildman–Crippen MR) is 90.9 cm³/mol. The summed E-state index contributed by atoms with van der Waals surface area (Å²) in [5, 5.41) is 0. The molecule has 1 heterocycles. The largest absolute Gasteiger partial charge is 0.416 e. The highest BCUT2D eigenvalue weighted by atomic mass is 19.4. The van der Waals surface area contributed by atoms with Crippen LogP contribution in [-0.2, 0) is 17.1 Å². The number of rotatable bonds is 2. The minimum absolute atomic E-state index is 0.00497. The number of halogens is 6. The molecule has 1 aliphatic carbocycles. The standard InChI is InChI=1S/C19H20F6N2O2/c20-18(21,22)14-9-13(10-15(11-14)19(23,24)25)17(29)27-7-5-26(6-8-27)16(28)12-3-1-2-4-12/h9-12H,1-8H2. The average molecular weight is 422 g/mol. The van der Waals surface area contributed by atoms with E-state index in [0.717, 1.165) is 25.7 Å². The van der Waals surface area contributed by atoms with E-state index in [1.807, 2.05) is 0 Å². The average Bonchev–Trinajstić information content (AvgIpc) is 3.20. The second-order valence-electron chi connectivity index (χ2n) is 7.39. The smallest absolute Gasteiger partial charge is 0.339 e. The maximum absolute atomic E-state index is 13.0. The van der Waals surface area contributed by atoms with Crippen molar-refractivity contribution >= 4 is 11.8 Å². The van der Waals surface area contributed by atoms with Crippen LogP contribution in [0.2, 0.25) is 0 Å². The maximum atomic E-state index is 13.0. The van der Waals surface area contributed by atoms with E-state index in [1.165, 1.54) is 4.90 Å². The van der Waals surface area contributed by atoms with Gasteiger partial charge in [0.15, 0.2) is 0 Å². The fraction of sp³-hybridized carbons (Fsp3) is 0.579. The summed E-state index contributed by atoms with van der Waals surface area (Å²) < 4.78 is 78.0. The van der Waals surface area contributed by atoms with Crippen LogP contribution in [0.3, 0.4) is 0 Å². The second kappa shape index (κ2) is 7.87. The lowest BCUT2D eigenvalue weighted by Crippen LogP contribution is -2.51. The van der Waals surface area contributed by atoms with Gasteiger partial charge < -0.3 is 9.80 Å². The monoisotopic (exact) mass is 422 g/mol. The summed E-state index contributed by atoms with van der Waals surface area (Å²) in [6, 6.07) is 0.871. The lowest BCUT2D eigenvalue weighted by Gasteiger charge is -2.36. The number of hydrogen-bond donors (Lipinski definition) is 0. The Labute approximate surface area is 163 Å². The normalized spacial score (nSPS) is 19.0. The van der Waals surface area contributed by atoms with Gasteiger partial charge in [-0.15, -0.1) is 0 Å². The third-order valence-electron chi connectivity index (χ3n) is 5.42. The van der Waals surface area contributed by atoms with Crippen LogP contribution in [0, 0.1) is 5.92 Å². The number of carbonyl (C=O) groups excluding carboxylic acids is 2. The molecular weight excluding hydrogens is 402 g/mol. The van der Waals surface area contributed by atoms with E-state index in [0.29, 0.717) is 12.1 Å². The molecule has 10 heteroatoms. The SMILES string of the molecule is O=C(c1cc(C(F)(F)F)cc(C(F)(F)F)c1)N1CCN(C(=O)C2CCCC2)CC1. The van der Waals surface area contributed by atoms with Gasteiger partial charge in [0, 0.05) is 37.7 Å². The van der Waals surface area contributed by atoms with E-state index in [2.05, 4.69) is 0 Å². The van der Waals surface area contributed by atoms with Gasteiger partial charge in [-0.25, -0.2) is 0 Å². The molecule has 0 N–H and O–H groups in total. The zero-order valence-electron chi connectivity index (χ0n) is 15.4. The molecule has 3 rings (SSSR count). The molecule has 4 nitrogen and oxygen atoms in total. The highest BCUT2D eigenvalue weighted by Gasteiger charge is 2.38. The maximum Gasteiger partial charge on any atom is 0.416 e. The summed E-state index contributed by atoms with van der Waals surface area (Å²) in [6.07, 6.45) is -6.39. The first-order valence-corrected chi connectivity index (χ1v) is 9.34. The highest BCUT2D eigenvalue weighted by molar-refractivity contribution is 5.95. The summed E-state index contributed by atoms with van der Waals surface area (Å²) in [4.78, 5) is 27.8. The van der Waals surface area contributed by atoms with E-state index in [9.17, 15) is 35.9 Å². The number of piperazine rings is 1. The van der Waals surface area contributed by atoms with Crippen LogP contribution in [0.15, 0.2) is 18.2 Å². The van der Waals surface area contributed by atoms with Gasteiger partial charge in [0.25, 0.3) is 5.91 Å². The lowest BCUT2D eigenvalue weighted by atomic mass is 10.0. The molecule has 1 aromatic carbocycles. The molecule has 0 bridgehead atoms. The molecule has 0 radical (unpaired) electrons. The van der Waals surface area contributed by atoms with E-state index < -0.39 is 35.0 Å². The summed E-state index contributed by atoms with van der Waals surface area (Å²) in [5.41, 5.74) is -3.71. The van der Waals surface area contributed by atoms with Crippen molar-refractivity contribution in [3.8, 4) is 0 Å². The van der Waals surface area contributed by atoms with Crippen molar-refractivity contribution in [2.24, 2.45) is 5.92 Å². The molecule has 1 saturated heterocycles. The molecule has 160 valence electrons. The van der Waals surface area contributed by atoms with Crippen LogP contribution >= 0.6 is 0 Å². The molecule has 0 aromatic heterocycles. The Balaban J connectivity index is 1.74. The number of carbonyl (C=O) groups is 2. The Hall–Kier alpha value is -2.26. The minimum Gasteiger partial charge on any atom is -0.339 e. The Kier molecular flexibility index (Phi) is 5.82. The van der Waals surface area contributed by atoms with Gasteiger partial charge in [-0.2, -0.15) is 26.3 Å². The molecule has 1 saturated carbocycles. The quantitative estimate of drug-likeness (QED) is 0.671. The van der Waals surface area contributed by atoms with E-state index >= 15 is 0 Å². The van der Waals surface area contributed by atoms with E-state index in [4.69, 9.17) is 0 Å². The second-order valence-corrected chi connectivity index (χ2v) is 7.39. The molecule has 0 atom stereocenters. The summed E-state index contributed by atoms with van der Waals surface area (Å²) >= 11 is 0. The summed E-state index contributed by atoms with van der Waals surface area (Å²) in [7, 11) is 0. The number of hydrogen-bond acceptors (Lipinski definition) is 2. The lowest BCUT2D eigenvalue weighted by molar-refractivity contribution is -0.143. The Morgan fingerprint density at radius 1 is 0.759 bits per heavy atom. The van der Waals surface area contributed by atoms with Crippen molar-refractivity contribution in [3.05, 3.63) is 34.9 Å². The van der Waals surface area contributed by atoms with Gasteiger partial charge in [0.05, 0.1) is 11.1 Å². The van der Waals surface area contributed by atoms with Crippen LogP contribution in [0.25, 0.3) is 0 Å². The van der Waals surface area contributed by atoms with E-state index in [1.54, 1.807) is 4.90 Å². The third kappa shape index (κ3) is 4.84. The van der Waals surface area contributed by atoms with Gasteiger partial charge >= 0.3 is 12.4 Å². The molecule has 0 spiro atoms. The molecule has 0 unspecified atom stereocenters. The zero-order chi connectivity index (χ0) is 21.4. The summed E-state index contributed by atoms with van der Waals surface area (Å²) in [6.45, 7) is 0.558. The molecule has 29 heavy (non-hydrogen) atoms. The number of amides is 2. The molecule has 2 aliphatic rings. The Bertz CT molecular complexity index is 744. The first kappa shape index (κ1) is 21.4. The van der Waals surface area contributed by atoms with Crippen LogP contribution in [-0.4, -0.2) is 47.8 Å². The molecule has 1 aliphatic heterocycles. The Morgan fingerprint density at radius 3 is 1.66 bits per heavy atom. The van der Waals surface area contributed by atoms with E-state index in [-0.39, 0.29) is 44.1 Å². The van der Waals surface area contributed by atoms with Crippen LogP contribution in [0.1, 0.15) is 47.2 Å². The minimum atomic E-state index is -5.01. The fourth-order valence-electron chi connectivity index (χ4n) is 3.82. The first-order chi connectivity index (χ1) is 13.5. The first-order valence-electron chi connectivity index (χ1n) is 9.34. The number of benzene rings is 1. The van der Waals surface area contributed by atoms with Crippen molar-refractivity contribution in [3.63, 3.8) is 0 Å². The zero-order valence-corrected chi connectivity index (χ0v) is 15.4. The third-order valence-corrected chi connectivity index (χ3v) is 5.42. The van der Waals surface area contributed by atoms with Gasteiger partial charge in [-0.3, -0.25) is 9.59 Å². The molecule has 2 amide bonds. The van der Waals surface area contributed by atoms with Crippen LogP contribution in [0.5, 0.6) is 0 Å². The van der Waals surface area contributed by atoms with Gasteiger partial charge in [0.1, 0.15) is 0 Å². The van der Waals surface area contributed by atoms with Gasteiger partial charge in [-0.05, 0) is 31.0 Å². The van der Waals surface area contributed by atoms with Crippen molar-refractivity contribution in [2.75, 3.05) is 26.2 Å². The molecular formula is C19H20F6N2O2.